The smallest absolute Gasteiger partial charge is 0.253 e. The van der Waals surface area contributed by atoms with Crippen LogP contribution in [0.3, 0.4) is 0 Å². The molecule has 2 N–H and O–H groups in total. The molecule has 6 heteroatoms. The standard InChI is InChI=1S/C15H13BrF2N2O/c1-20(8-10-2-4-11(17)7-13(10)18)15(21)9-3-5-12(16)14(19)6-9/h2-7H,8,19H2,1H3. The van der Waals surface area contributed by atoms with Crippen molar-refractivity contribution in [3.05, 3.63) is 63.6 Å². The van der Waals surface area contributed by atoms with Crippen molar-refractivity contribution in [2.45, 2.75) is 6.54 Å². The Labute approximate surface area is 129 Å². The van der Waals surface area contributed by atoms with Gasteiger partial charge in [-0.1, -0.05) is 6.07 Å². The van der Waals surface area contributed by atoms with Crippen molar-refractivity contribution in [3.63, 3.8) is 0 Å². The first-order chi connectivity index (χ1) is 9.88. The highest BCUT2D eigenvalue weighted by molar-refractivity contribution is 9.10. The second kappa shape index (κ2) is 6.22. The molecular weight excluding hydrogens is 342 g/mol. The average molecular weight is 355 g/mol. The van der Waals surface area contributed by atoms with Gasteiger partial charge in [-0.3, -0.25) is 4.79 Å². The molecule has 1 amide bonds. The highest BCUT2D eigenvalue weighted by Gasteiger charge is 2.15. The van der Waals surface area contributed by atoms with Crippen molar-refractivity contribution in [2.75, 3.05) is 12.8 Å². The van der Waals surface area contributed by atoms with Crippen molar-refractivity contribution in [3.8, 4) is 0 Å². The third-order valence-electron chi connectivity index (χ3n) is 3.01. The van der Waals surface area contributed by atoms with E-state index in [2.05, 4.69) is 15.9 Å². The van der Waals surface area contributed by atoms with Crippen LogP contribution in [0.25, 0.3) is 0 Å². The molecule has 0 radical (unpaired) electrons. The van der Waals surface area contributed by atoms with Crippen LogP contribution < -0.4 is 5.73 Å². The van der Waals surface area contributed by atoms with Gasteiger partial charge in [0.05, 0.1) is 0 Å². The van der Waals surface area contributed by atoms with Gasteiger partial charge in [-0.2, -0.15) is 0 Å². The topological polar surface area (TPSA) is 46.3 Å². The van der Waals surface area contributed by atoms with Gasteiger partial charge in [0.15, 0.2) is 0 Å². The number of carbonyl (C=O) groups is 1. The number of benzene rings is 2. The molecule has 0 aliphatic heterocycles. The first kappa shape index (κ1) is 15.4. The number of anilines is 1. The summed E-state index contributed by atoms with van der Waals surface area (Å²) < 4.78 is 27.1. The van der Waals surface area contributed by atoms with Crippen LogP contribution in [0.4, 0.5) is 14.5 Å². The average Bonchev–Trinajstić information content (AvgIpc) is 2.44. The molecule has 110 valence electrons. The van der Waals surface area contributed by atoms with E-state index in [4.69, 9.17) is 5.73 Å². The minimum absolute atomic E-state index is 0.0426. The number of nitrogen functional groups attached to an aromatic ring is 1. The van der Waals surface area contributed by atoms with Crippen LogP contribution >= 0.6 is 15.9 Å². The second-order valence-electron chi connectivity index (χ2n) is 4.63. The molecule has 0 aromatic heterocycles. The highest BCUT2D eigenvalue weighted by Crippen LogP contribution is 2.21. The zero-order valence-electron chi connectivity index (χ0n) is 11.2. The second-order valence-corrected chi connectivity index (χ2v) is 5.49. The molecule has 2 aromatic carbocycles. The summed E-state index contributed by atoms with van der Waals surface area (Å²) in [6.45, 7) is 0.0426. The summed E-state index contributed by atoms with van der Waals surface area (Å²) in [5.41, 5.74) is 6.83. The molecular formula is C15H13BrF2N2O. The number of hydrogen-bond donors (Lipinski definition) is 1. The first-order valence-electron chi connectivity index (χ1n) is 6.13. The molecule has 0 saturated carbocycles. The molecule has 0 bridgehead atoms. The number of amides is 1. The van der Waals surface area contributed by atoms with E-state index in [1.54, 1.807) is 25.2 Å². The third-order valence-corrected chi connectivity index (χ3v) is 3.73. The molecule has 21 heavy (non-hydrogen) atoms. The van der Waals surface area contributed by atoms with Gasteiger partial charge < -0.3 is 10.6 Å². The molecule has 0 saturated heterocycles. The van der Waals surface area contributed by atoms with E-state index in [-0.39, 0.29) is 18.0 Å². The largest absolute Gasteiger partial charge is 0.398 e. The number of hydrogen-bond acceptors (Lipinski definition) is 2. The van der Waals surface area contributed by atoms with E-state index >= 15 is 0 Å². The molecule has 3 nitrogen and oxygen atoms in total. The fraction of sp³-hybridized carbons (Fsp3) is 0.133. The molecule has 0 fully saturated rings. The van der Waals surface area contributed by atoms with Crippen molar-refractivity contribution < 1.29 is 13.6 Å². The zero-order chi connectivity index (χ0) is 15.6. The van der Waals surface area contributed by atoms with Crippen LogP contribution in [0.1, 0.15) is 15.9 Å². The Bertz CT molecular complexity index is 691. The predicted octanol–water partition coefficient (Wildman–Crippen LogP) is 3.58. The molecule has 2 rings (SSSR count). The zero-order valence-corrected chi connectivity index (χ0v) is 12.8. The van der Waals surface area contributed by atoms with Gasteiger partial charge in [-0.15, -0.1) is 0 Å². The highest BCUT2D eigenvalue weighted by atomic mass is 79.9. The summed E-state index contributed by atoms with van der Waals surface area (Å²) in [5, 5.41) is 0. The number of nitrogens with zero attached hydrogens (tertiary/aromatic N) is 1. The van der Waals surface area contributed by atoms with Crippen LogP contribution in [0.2, 0.25) is 0 Å². The predicted molar refractivity (Wildman–Crippen MR) is 80.7 cm³/mol. The van der Waals surface area contributed by atoms with Crippen molar-refractivity contribution in [1.29, 1.82) is 0 Å². The number of halogens is 3. The van der Waals surface area contributed by atoms with E-state index < -0.39 is 11.6 Å². The SMILES string of the molecule is CN(Cc1ccc(F)cc1F)C(=O)c1ccc(Br)c(N)c1. The van der Waals surface area contributed by atoms with Gasteiger partial charge in [0, 0.05) is 40.9 Å². The van der Waals surface area contributed by atoms with Gasteiger partial charge in [0.2, 0.25) is 0 Å². The Hall–Kier alpha value is -1.95. The van der Waals surface area contributed by atoms with Gasteiger partial charge in [-0.25, -0.2) is 8.78 Å². The Morgan fingerprint density at radius 3 is 2.57 bits per heavy atom. The van der Waals surface area contributed by atoms with Crippen LogP contribution in [0.5, 0.6) is 0 Å². The number of rotatable bonds is 3. The van der Waals surface area contributed by atoms with Gasteiger partial charge in [-0.05, 0) is 40.2 Å². The summed E-state index contributed by atoms with van der Waals surface area (Å²) in [6.07, 6.45) is 0. The maximum atomic E-state index is 13.6. The van der Waals surface area contributed by atoms with E-state index in [9.17, 15) is 13.6 Å². The fourth-order valence-corrected chi connectivity index (χ4v) is 2.12. The maximum absolute atomic E-state index is 13.6. The van der Waals surface area contributed by atoms with E-state index in [1.165, 1.54) is 11.0 Å². The van der Waals surface area contributed by atoms with E-state index in [0.717, 1.165) is 12.1 Å². The lowest BCUT2D eigenvalue weighted by Gasteiger charge is -2.18. The lowest BCUT2D eigenvalue weighted by atomic mass is 10.1. The van der Waals surface area contributed by atoms with Gasteiger partial charge >= 0.3 is 0 Å². The van der Waals surface area contributed by atoms with Crippen molar-refractivity contribution in [2.24, 2.45) is 0 Å². The summed E-state index contributed by atoms with van der Waals surface area (Å²) in [7, 11) is 1.55. The van der Waals surface area contributed by atoms with Crippen LogP contribution in [-0.4, -0.2) is 17.9 Å². The normalized spacial score (nSPS) is 10.5. The minimum atomic E-state index is -0.676. The number of carbonyl (C=O) groups excluding carboxylic acids is 1. The first-order valence-corrected chi connectivity index (χ1v) is 6.92. The molecule has 0 unspecified atom stereocenters. The molecule has 2 aromatic rings. The molecule has 0 atom stereocenters. The van der Waals surface area contributed by atoms with Crippen LogP contribution in [-0.2, 0) is 6.54 Å². The number of nitrogens with two attached hydrogens (primary N) is 1. The van der Waals surface area contributed by atoms with Crippen LogP contribution in [0.15, 0.2) is 40.9 Å². The lowest BCUT2D eigenvalue weighted by molar-refractivity contribution is 0.0784. The Balaban J connectivity index is 2.17. The van der Waals surface area contributed by atoms with Crippen molar-refractivity contribution >= 4 is 27.5 Å². The van der Waals surface area contributed by atoms with Gasteiger partial charge in [0.25, 0.3) is 5.91 Å². The molecule has 0 aliphatic carbocycles. The lowest BCUT2D eigenvalue weighted by Crippen LogP contribution is -2.26. The quantitative estimate of drug-likeness (QED) is 0.856. The summed E-state index contributed by atoms with van der Waals surface area (Å²) in [5.74, 6) is -1.62. The maximum Gasteiger partial charge on any atom is 0.253 e. The third kappa shape index (κ3) is 3.58. The summed E-state index contributed by atoms with van der Waals surface area (Å²) >= 11 is 3.25. The monoisotopic (exact) mass is 354 g/mol. The minimum Gasteiger partial charge on any atom is -0.398 e. The van der Waals surface area contributed by atoms with Crippen LogP contribution in [0, 0.1) is 11.6 Å². The Morgan fingerprint density at radius 2 is 1.95 bits per heavy atom. The van der Waals surface area contributed by atoms with Crippen molar-refractivity contribution in [1.82, 2.24) is 4.90 Å². The van der Waals surface area contributed by atoms with E-state index in [0.29, 0.717) is 15.7 Å². The summed E-state index contributed by atoms with van der Waals surface area (Å²) in [6, 6.07) is 8.13. The molecule has 0 aliphatic rings. The summed E-state index contributed by atoms with van der Waals surface area (Å²) in [4.78, 5) is 13.6. The van der Waals surface area contributed by atoms with E-state index in [1.807, 2.05) is 0 Å². The Kier molecular flexibility index (Phi) is 4.57. The fourth-order valence-electron chi connectivity index (χ4n) is 1.87. The Morgan fingerprint density at radius 1 is 1.24 bits per heavy atom. The molecule has 0 spiro atoms. The molecule has 0 heterocycles. The van der Waals surface area contributed by atoms with Gasteiger partial charge in [0.1, 0.15) is 11.6 Å².